The van der Waals surface area contributed by atoms with Gasteiger partial charge >= 0.3 is 6.18 Å². The summed E-state index contributed by atoms with van der Waals surface area (Å²) < 4.78 is 36.8. The number of rotatable bonds is 0. The molecule has 1 aromatic rings. The molecule has 0 unspecified atom stereocenters. The molecule has 74 valence electrons. The number of alkyl halides is 3. The monoisotopic (exact) mass is 283 g/mol. The maximum absolute atomic E-state index is 12.3. The molecule has 1 nitrogen and oxygen atoms in total. The van der Waals surface area contributed by atoms with E-state index in [4.69, 9.17) is 16.9 Å². The Labute approximate surface area is 91.2 Å². The minimum absolute atomic E-state index is 0.0310. The Kier molecular flexibility index (Phi) is 3.07. The van der Waals surface area contributed by atoms with Gasteiger partial charge in [0.05, 0.1) is 20.6 Å². The van der Waals surface area contributed by atoms with E-state index in [0.29, 0.717) is 0 Å². The number of hydrogen-bond acceptors (Lipinski definition) is 1. The Hall–Kier alpha value is -0.730. The molecule has 0 saturated carbocycles. The van der Waals surface area contributed by atoms with Crippen molar-refractivity contribution in [2.24, 2.45) is 0 Å². The van der Waals surface area contributed by atoms with Gasteiger partial charge in [0.15, 0.2) is 0 Å². The van der Waals surface area contributed by atoms with Gasteiger partial charge in [0.1, 0.15) is 6.07 Å². The van der Waals surface area contributed by atoms with E-state index in [0.717, 1.165) is 12.1 Å². The SMILES string of the molecule is N#Cc1ccc(C(F)(F)F)c(Cl)c1Br. The summed E-state index contributed by atoms with van der Waals surface area (Å²) >= 11 is 8.27. The lowest BCUT2D eigenvalue weighted by molar-refractivity contribution is -0.137. The lowest BCUT2D eigenvalue weighted by Crippen LogP contribution is -2.06. The summed E-state index contributed by atoms with van der Waals surface area (Å²) in [5.41, 5.74) is -0.881. The molecule has 0 atom stereocenters. The van der Waals surface area contributed by atoms with Crippen molar-refractivity contribution in [2.75, 3.05) is 0 Å². The third-order valence-corrected chi connectivity index (χ3v) is 2.95. The lowest BCUT2D eigenvalue weighted by atomic mass is 10.1. The van der Waals surface area contributed by atoms with Crippen LogP contribution in [0.25, 0.3) is 0 Å². The van der Waals surface area contributed by atoms with Gasteiger partial charge in [-0.1, -0.05) is 11.6 Å². The molecule has 0 heterocycles. The predicted molar refractivity (Wildman–Crippen MR) is 48.9 cm³/mol. The Bertz CT molecular complexity index is 408. The molecule has 6 heteroatoms. The fourth-order valence-corrected chi connectivity index (χ4v) is 1.56. The van der Waals surface area contributed by atoms with Crippen LogP contribution in [0.4, 0.5) is 13.2 Å². The number of nitrogens with zero attached hydrogens (tertiary/aromatic N) is 1. The molecule has 0 fully saturated rings. The second-order valence-corrected chi connectivity index (χ2v) is 3.57. The zero-order chi connectivity index (χ0) is 10.9. The van der Waals surface area contributed by atoms with Gasteiger partial charge < -0.3 is 0 Å². The van der Waals surface area contributed by atoms with E-state index in [9.17, 15) is 13.2 Å². The molecular formula is C8H2BrClF3N. The zero-order valence-corrected chi connectivity index (χ0v) is 8.83. The number of halogens is 5. The molecule has 1 rings (SSSR count). The molecule has 0 aliphatic heterocycles. The molecular weight excluding hydrogens is 282 g/mol. The Morgan fingerprint density at radius 2 is 1.93 bits per heavy atom. The summed E-state index contributed by atoms with van der Waals surface area (Å²) in [6, 6.07) is 3.57. The maximum atomic E-state index is 12.3. The van der Waals surface area contributed by atoms with Crippen LogP contribution < -0.4 is 0 Å². The fourth-order valence-electron chi connectivity index (χ4n) is 0.855. The topological polar surface area (TPSA) is 23.8 Å². The van der Waals surface area contributed by atoms with Gasteiger partial charge in [0.25, 0.3) is 0 Å². The normalized spacial score (nSPS) is 11.1. The quantitative estimate of drug-likeness (QED) is 0.706. The average Bonchev–Trinajstić information content (AvgIpc) is 2.07. The Balaban J connectivity index is 3.41. The second-order valence-electron chi connectivity index (χ2n) is 2.40. The molecule has 0 N–H and O–H groups in total. The Morgan fingerprint density at radius 3 is 2.36 bits per heavy atom. The Morgan fingerprint density at radius 1 is 1.36 bits per heavy atom. The van der Waals surface area contributed by atoms with E-state index in [1.165, 1.54) is 0 Å². The molecule has 0 aliphatic carbocycles. The molecule has 0 spiro atoms. The van der Waals surface area contributed by atoms with Gasteiger partial charge in [-0.3, -0.25) is 0 Å². The van der Waals surface area contributed by atoms with Crippen molar-refractivity contribution in [1.82, 2.24) is 0 Å². The van der Waals surface area contributed by atoms with E-state index in [1.807, 2.05) is 0 Å². The van der Waals surface area contributed by atoms with Gasteiger partial charge in [-0.05, 0) is 28.1 Å². The van der Waals surface area contributed by atoms with Crippen LogP contribution in [-0.2, 0) is 6.18 Å². The first-order valence-corrected chi connectivity index (χ1v) is 4.50. The van der Waals surface area contributed by atoms with Gasteiger partial charge in [0.2, 0.25) is 0 Å². The first kappa shape index (κ1) is 11.3. The summed E-state index contributed by atoms with van der Waals surface area (Å²) in [4.78, 5) is 0. The van der Waals surface area contributed by atoms with Crippen LogP contribution in [0.2, 0.25) is 5.02 Å². The van der Waals surface area contributed by atoms with Crippen LogP contribution in [-0.4, -0.2) is 0 Å². The number of benzene rings is 1. The minimum Gasteiger partial charge on any atom is -0.192 e. The number of hydrogen-bond donors (Lipinski definition) is 0. The molecule has 0 amide bonds. The highest BCUT2D eigenvalue weighted by atomic mass is 79.9. The maximum Gasteiger partial charge on any atom is 0.417 e. The summed E-state index contributed by atoms with van der Waals surface area (Å²) in [5, 5.41) is 8.03. The smallest absolute Gasteiger partial charge is 0.192 e. The van der Waals surface area contributed by atoms with Gasteiger partial charge in [-0.2, -0.15) is 18.4 Å². The van der Waals surface area contributed by atoms with Gasteiger partial charge in [-0.15, -0.1) is 0 Å². The first-order chi connectivity index (χ1) is 6.38. The van der Waals surface area contributed by atoms with Crippen molar-refractivity contribution in [3.05, 3.63) is 32.8 Å². The van der Waals surface area contributed by atoms with Crippen LogP contribution >= 0.6 is 27.5 Å². The fraction of sp³-hybridized carbons (Fsp3) is 0.125. The number of nitriles is 1. The van der Waals surface area contributed by atoms with Gasteiger partial charge in [-0.25, -0.2) is 0 Å². The van der Waals surface area contributed by atoms with Crippen LogP contribution in [0, 0.1) is 11.3 Å². The van der Waals surface area contributed by atoms with Crippen LogP contribution in [0.3, 0.4) is 0 Å². The lowest BCUT2D eigenvalue weighted by Gasteiger charge is -2.10. The summed E-state index contributed by atoms with van der Waals surface area (Å²) in [6.07, 6.45) is -4.51. The molecule has 1 aromatic carbocycles. The van der Waals surface area contributed by atoms with E-state index < -0.39 is 16.8 Å². The van der Waals surface area contributed by atoms with Crippen molar-refractivity contribution in [3.63, 3.8) is 0 Å². The molecule has 14 heavy (non-hydrogen) atoms. The summed E-state index contributed by atoms with van der Waals surface area (Å²) in [5.74, 6) is 0. The van der Waals surface area contributed by atoms with Crippen molar-refractivity contribution in [1.29, 1.82) is 5.26 Å². The molecule has 0 radical (unpaired) electrons. The van der Waals surface area contributed by atoms with Crippen molar-refractivity contribution < 1.29 is 13.2 Å². The van der Waals surface area contributed by atoms with Crippen molar-refractivity contribution in [3.8, 4) is 6.07 Å². The summed E-state index contributed by atoms with van der Waals surface area (Å²) in [6.45, 7) is 0. The largest absolute Gasteiger partial charge is 0.417 e. The van der Waals surface area contributed by atoms with E-state index in [1.54, 1.807) is 6.07 Å². The molecule has 0 saturated heterocycles. The molecule has 0 aromatic heterocycles. The predicted octanol–water partition coefficient (Wildman–Crippen LogP) is 3.99. The zero-order valence-electron chi connectivity index (χ0n) is 6.49. The highest BCUT2D eigenvalue weighted by Crippen LogP contribution is 2.39. The average molecular weight is 284 g/mol. The van der Waals surface area contributed by atoms with E-state index in [-0.39, 0.29) is 10.0 Å². The van der Waals surface area contributed by atoms with Crippen LogP contribution in [0.5, 0.6) is 0 Å². The molecule has 0 aliphatic rings. The molecule has 0 bridgehead atoms. The third kappa shape index (κ3) is 2.02. The second kappa shape index (κ2) is 3.79. The first-order valence-electron chi connectivity index (χ1n) is 3.33. The highest BCUT2D eigenvalue weighted by Gasteiger charge is 2.34. The van der Waals surface area contributed by atoms with E-state index >= 15 is 0 Å². The van der Waals surface area contributed by atoms with E-state index in [2.05, 4.69) is 15.9 Å². The van der Waals surface area contributed by atoms with Crippen molar-refractivity contribution >= 4 is 27.5 Å². The standard InChI is InChI=1S/C8H2BrClF3N/c9-6-4(3-14)1-2-5(7(6)10)8(11,12)13/h1-2H. The minimum atomic E-state index is -4.51. The third-order valence-electron chi connectivity index (χ3n) is 1.51. The summed E-state index contributed by atoms with van der Waals surface area (Å²) in [7, 11) is 0. The van der Waals surface area contributed by atoms with Crippen molar-refractivity contribution in [2.45, 2.75) is 6.18 Å². The van der Waals surface area contributed by atoms with Gasteiger partial charge in [0, 0.05) is 0 Å². The van der Waals surface area contributed by atoms with Crippen LogP contribution in [0.1, 0.15) is 11.1 Å². The van der Waals surface area contributed by atoms with Crippen LogP contribution in [0.15, 0.2) is 16.6 Å². The highest BCUT2D eigenvalue weighted by molar-refractivity contribution is 9.10.